The van der Waals surface area contributed by atoms with Gasteiger partial charge in [-0.05, 0) is 103 Å². The Balaban J connectivity index is 1.40. The summed E-state index contributed by atoms with van der Waals surface area (Å²) in [5.41, 5.74) is 1.16. The Morgan fingerprint density at radius 3 is 2.47 bits per heavy atom. The summed E-state index contributed by atoms with van der Waals surface area (Å²) in [5.74, 6) is 2.40. The predicted octanol–water partition coefficient (Wildman–Crippen LogP) is 6.60. The highest BCUT2D eigenvalue weighted by atomic mass is 16.6. The van der Waals surface area contributed by atoms with Crippen LogP contribution in [0.5, 0.6) is 0 Å². The maximum absolute atomic E-state index is 11.4. The molecular formula is C29H48O3. The first kappa shape index (κ1) is 23.4. The zero-order valence-corrected chi connectivity index (χ0v) is 21.7. The Hall–Kier alpha value is -0.380. The molecule has 182 valence electrons. The van der Waals surface area contributed by atoms with Crippen molar-refractivity contribution in [2.24, 2.45) is 51.8 Å². The molecule has 0 bridgehead atoms. The van der Waals surface area contributed by atoms with E-state index in [9.17, 15) is 5.11 Å². The average molecular weight is 445 g/mol. The molecule has 0 spiro atoms. The van der Waals surface area contributed by atoms with Gasteiger partial charge in [0.15, 0.2) is 5.79 Å². The number of allylic oxidation sites excluding steroid dienone is 1. The first-order valence-corrected chi connectivity index (χ1v) is 13.6. The molecule has 5 aliphatic rings. The van der Waals surface area contributed by atoms with E-state index in [4.69, 9.17) is 9.47 Å². The van der Waals surface area contributed by atoms with Crippen molar-refractivity contribution in [3.05, 3.63) is 12.2 Å². The minimum atomic E-state index is -1.08. The minimum absolute atomic E-state index is 0.163. The molecule has 1 heterocycles. The Morgan fingerprint density at radius 2 is 1.78 bits per heavy atom. The number of rotatable bonds is 3. The van der Waals surface area contributed by atoms with Crippen molar-refractivity contribution >= 4 is 0 Å². The van der Waals surface area contributed by atoms with Crippen LogP contribution < -0.4 is 0 Å². The second-order valence-electron chi connectivity index (χ2n) is 13.6. The second-order valence-corrected chi connectivity index (χ2v) is 13.6. The molecule has 3 nitrogen and oxygen atoms in total. The quantitative estimate of drug-likeness (QED) is 0.499. The molecule has 3 heteroatoms. The van der Waals surface area contributed by atoms with E-state index in [0.717, 1.165) is 24.2 Å². The van der Waals surface area contributed by atoms with Crippen molar-refractivity contribution in [2.75, 3.05) is 7.11 Å². The smallest absolute Gasteiger partial charge is 0.188 e. The molecule has 5 rings (SSSR count). The maximum Gasteiger partial charge on any atom is 0.188 e. The highest BCUT2D eigenvalue weighted by Crippen LogP contribution is 2.73. The number of hydrogen-bond acceptors (Lipinski definition) is 3. The van der Waals surface area contributed by atoms with Crippen LogP contribution in [0.15, 0.2) is 12.2 Å². The van der Waals surface area contributed by atoms with Crippen LogP contribution in [0.2, 0.25) is 0 Å². The van der Waals surface area contributed by atoms with Crippen LogP contribution in [0, 0.1) is 51.8 Å². The molecule has 4 saturated carbocycles. The number of ether oxygens (including phenoxy) is 2. The summed E-state index contributed by atoms with van der Waals surface area (Å²) in [4.78, 5) is 0. The number of aliphatic hydroxyl groups is 1. The molecule has 11 atom stereocenters. The molecule has 1 N–H and O–H groups in total. The van der Waals surface area contributed by atoms with Gasteiger partial charge in [-0.25, -0.2) is 0 Å². The van der Waals surface area contributed by atoms with Crippen LogP contribution >= 0.6 is 0 Å². The van der Waals surface area contributed by atoms with Gasteiger partial charge in [-0.3, -0.25) is 0 Å². The highest BCUT2D eigenvalue weighted by Gasteiger charge is 2.69. The van der Waals surface area contributed by atoms with E-state index in [0.29, 0.717) is 34.2 Å². The zero-order chi connectivity index (χ0) is 23.1. The third-order valence-corrected chi connectivity index (χ3v) is 12.0. The van der Waals surface area contributed by atoms with Crippen LogP contribution in [-0.2, 0) is 9.47 Å². The van der Waals surface area contributed by atoms with E-state index in [1.165, 1.54) is 44.9 Å². The molecule has 0 amide bonds. The number of fused-ring (bicyclic) bond motifs is 7. The number of methoxy groups -OCH3 is 1. The SMILES string of the molecule is CO[C@@H]1CC[C@]2(C)C3CC[C@@]4(C)C(C[C@@H]5O[C@](O)(/C=C/C(C)C)[C@@H](C)C54)C3CC[C@]2(C)C1. The molecule has 0 radical (unpaired) electrons. The molecule has 4 unspecified atom stereocenters. The van der Waals surface area contributed by atoms with E-state index >= 15 is 0 Å². The third kappa shape index (κ3) is 3.09. The van der Waals surface area contributed by atoms with E-state index in [-0.39, 0.29) is 12.0 Å². The van der Waals surface area contributed by atoms with Crippen molar-refractivity contribution < 1.29 is 14.6 Å². The lowest BCUT2D eigenvalue weighted by Crippen LogP contribution is -2.58. The van der Waals surface area contributed by atoms with Crippen LogP contribution in [0.4, 0.5) is 0 Å². The van der Waals surface area contributed by atoms with Crippen LogP contribution in [0.25, 0.3) is 0 Å². The monoisotopic (exact) mass is 444 g/mol. The number of hydrogen-bond donors (Lipinski definition) is 1. The minimum Gasteiger partial charge on any atom is -0.381 e. The molecule has 0 aromatic carbocycles. The summed E-state index contributed by atoms with van der Waals surface area (Å²) in [7, 11) is 1.91. The van der Waals surface area contributed by atoms with Gasteiger partial charge in [-0.2, -0.15) is 0 Å². The predicted molar refractivity (Wildman–Crippen MR) is 129 cm³/mol. The summed E-state index contributed by atoms with van der Waals surface area (Å²) < 4.78 is 12.3. The average Bonchev–Trinajstić information content (AvgIpc) is 3.17. The van der Waals surface area contributed by atoms with Crippen LogP contribution in [0.3, 0.4) is 0 Å². The topological polar surface area (TPSA) is 38.7 Å². The molecule has 32 heavy (non-hydrogen) atoms. The molecule has 4 aliphatic carbocycles. The standard InChI is InChI=1S/C29H48O3/c1-18(2)8-15-29(30)19(3)25-24(32-29)16-23-21-10-12-26(4)17-20(31-7)9-14-28(26,6)22(21)11-13-27(23,25)5/h8,15,18-25,30H,9-14,16-17H2,1-7H3/b15-8+/t19-,20+,21?,22?,23?,24-,25?,26+,27-,28+,29+/m0/s1. The van der Waals surface area contributed by atoms with Gasteiger partial charge in [0, 0.05) is 13.0 Å². The van der Waals surface area contributed by atoms with Crippen molar-refractivity contribution in [3.63, 3.8) is 0 Å². The van der Waals surface area contributed by atoms with Gasteiger partial charge in [0.2, 0.25) is 0 Å². The van der Waals surface area contributed by atoms with Crippen molar-refractivity contribution in [2.45, 2.75) is 111 Å². The lowest BCUT2D eigenvalue weighted by atomic mass is 9.40. The highest BCUT2D eigenvalue weighted by molar-refractivity contribution is 5.18. The van der Waals surface area contributed by atoms with Gasteiger partial charge in [0.1, 0.15) is 0 Å². The first-order valence-electron chi connectivity index (χ1n) is 13.6. The van der Waals surface area contributed by atoms with Gasteiger partial charge < -0.3 is 14.6 Å². The molecule has 0 aromatic heterocycles. The second kappa shape index (κ2) is 7.56. The Kier molecular flexibility index (Phi) is 5.52. The normalized spacial score (nSPS) is 57.3. The van der Waals surface area contributed by atoms with Crippen molar-refractivity contribution in [1.82, 2.24) is 0 Å². The molecule has 5 fully saturated rings. The largest absolute Gasteiger partial charge is 0.381 e. The third-order valence-electron chi connectivity index (χ3n) is 12.0. The van der Waals surface area contributed by atoms with E-state index in [1.54, 1.807) is 0 Å². The van der Waals surface area contributed by atoms with E-state index in [2.05, 4.69) is 47.6 Å². The molecule has 1 saturated heterocycles. The summed E-state index contributed by atoms with van der Waals surface area (Å²) in [6.45, 7) is 14.4. The lowest BCUT2D eigenvalue weighted by Gasteiger charge is -2.65. The summed E-state index contributed by atoms with van der Waals surface area (Å²) in [5, 5.41) is 11.4. The van der Waals surface area contributed by atoms with Gasteiger partial charge in [-0.15, -0.1) is 0 Å². The molecular weight excluding hydrogens is 396 g/mol. The fourth-order valence-electron chi connectivity index (χ4n) is 9.96. The Morgan fingerprint density at radius 1 is 1.03 bits per heavy atom. The fraction of sp³-hybridized carbons (Fsp3) is 0.931. The summed E-state index contributed by atoms with van der Waals surface area (Å²) >= 11 is 0. The first-order chi connectivity index (χ1) is 15.0. The van der Waals surface area contributed by atoms with Crippen LogP contribution in [-0.4, -0.2) is 30.2 Å². The summed E-state index contributed by atoms with van der Waals surface area (Å²) in [6, 6.07) is 0. The maximum atomic E-state index is 11.4. The fourth-order valence-corrected chi connectivity index (χ4v) is 9.96. The zero-order valence-electron chi connectivity index (χ0n) is 21.7. The van der Waals surface area contributed by atoms with E-state index < -0.39 is 5.79 Å². The molecule has 0 aromatic rings. The van der Waals surface area contributed by atoms with Gasteiger partial charge in [0.25, 0.3) is 0 Å². The van der Waals surface area contributed by atoms with Crippen molar-refractivity contribution in [3.8, 4) is 0 Å². The van der Waals surface area contributed by atoms with Crippen molar-refractivity contribution in [1.29, 1.82) is 0 Å². The Bertz CT molecular complexity index is 762. The van der Waals surface area contributed by atoms with Gasteiger partial charge >= 0.3 is 0 Å². The van der Waals surface area contributed by atoms with Gasteiger partial charge in [0.05, 0.1) is 12.2 Å². The van der Waals surface area contributed by atoms with Crippen LogP contribution in [0.1, 0.15) is 92.9 Å². The van der Waals surface area contributed by atoms with Gasteiger partial charge in [-0.1, -0.05) is 47.6 Å². The summed E-state index contributed by atoms with van der Waals surface area (Å²) in [6.07, 6.45) is 15.1. The molecule has 1 aliphatic heterocycles. The lowest BCUT2D eigenvalue weighted by molar-refractivity contribution is -0.192. The Labute approximate surface area is 196 Å². The van der Waals surface area contributed by atoms with E-state index in [1.807, 2.05) is 13.2 Å².